The van der Waals surface area contributed by atoms with Crippen LogP contribution in [-0.2, 0) is 0 Å². The summed E-state index contributed by atoms with van der Waals surface area (Å²) in [6.07, 6.45) is -0.565. The number of carbonyl (C=O) groups excluding carboxylic acids is 1. The zero-order chi connectivity index (χ0) is 15.4. The molecular weight excluding hydrogens is 272 g/mol. The van der Waals surface area contributed by atoms with Gasteiger partial charge in [0.1, 0.15) is 0 Å². The number of hydrogen-bond acceptors (Lipinski definition) is 4. The molecule has 0 aromatic heterocycles. The highest BCUT2D eigenvalue weighted by molar-refractivity contribution is 6.04. The van der Waals surface area contributed by atoms with Crippen LogP contribution in [-0.4, -0.2) is 15.9 Å². The first-order valence-corrected chi connectivity index (χ1v) is 6.31. The fraction of sp³-hybridized carbons (Fsp3) is 0.133. The molecule has 0 aliphatic heterocycles. The Labute approximate surface area is 121 Å². The number of non-ortho nitro benzene ring substituents is 1. The second-order valence-electron chi connectivity index (χ2n) is 4.56. The fourth-order valence-corrected chi connectivity index (χ4v) is 1.78. The smallest absolute Gasteiger partial charge is 0.269 e. The molecular formula is C15H14N2O4. The van der Waals surface area contributed by atoms with Gasteiger partial charge in [-0.15, -0.1) is 0 Å². The molecule has 0 aliphatic carbocycles. The maximum absolute atomic E-state index is 12.0. The minimum Gasteiger partial charge on any atom is -0.389 e. The van der Waals surface area contributed by atoms with Crippen molar-refractivity contribution in [2.75, 3.05) is 5.32 Å². The van der Waals surface area contributed by atoms with E-state index in [9.17, 15) is 20.0 Å². The summed E-state index contributed by atoms with van der Waals surface area (Å²) in [7, 11) is 0. The van der Waals surface area contributed by atoms with Gasteiger partial charge >= 0.3 is 0 Å². The van der Waals surface area contributed by atoms with Crippen LogP contribution in [0.2, 0.25) is 0 Å². The molecule has 0 radical (unpaired) electrons. The van der Waals surface area contributed by atoms with Gasteiger partial charge in [0.15, 0.2) is 0 Å². The second-order valence-corrected chi connectivity index (χ2v) is 4.56. The highest BCUT2D eigenvalue weighted by Crippen LogP contribution is 2.17. The number of rotatable bonds is 4. The Morgan fingerprint density at radius 3 is 2.19 bits per heavy atom. The van der Waals surface area contributed by atoms with Crippen LogP contribution in [0.15, 0.2) is 48.5 Å². The summed E-state index contributed by atoms with van der Waals surface area (Å²) in [5.41, 5.74) is 1.61. The van der Waals surface area contributed by atoms with Crippen molar-refractivity contribution in [3.63, 3.8) is 0 Å². The van der Waals surface area contributed by atoms with Gasteiger partial charge in [-0.05, 0) is 36.8 Å². The Hall–Kier alpha value is -2.73. The Kier molecular flexibility index (Phi) is 4.30. The molecule has 0 spiro atoms. The summed E-state index contributed by atoms with van der Waals surface area (Å²) in [5.74, 6) is -0.352. The number of nitro groups is 1. The highest BCUT2D eigenvalue weighted by atomic mass is 16.6. The summed E-state index contributed by atoms with van der Waals surface area (Å²) in [6.45, 7) is 1.66. The van der Waals surface area contributed by atoms with Crippen molar-refractivity contribution in [2.45, 2.75) is 13.0 Å². The van der Waals surface area contributed by atoms with Gasteiger partial charge in [-0.3, -0.25) is 14.9 Å². The molecule has 2 aromatic carbocycles. The number of carbonyl (C=O) groups is 1. The lowest BCUT2D eigenvalue weighted by Gasteiger charge is -2.08. The monoisotopic (exact) mass is 286 g/mol. The van der Waals surface area contributed by atoms with Crippen LogP contribution in [0.5, 0.6) is 0 Å². The van der Waals surface area contributed by atoms with Gasteiger partial charge in [0.25, 0.3) is 11.6 Å². The molecule has 0 aliphatic rings. The number of aliphatic hydroxyl groups excluding tert-OH is 1. The summed E-state index contributed by atoms with van der Waals surface area (Å²) in [4.78, 5) is 22.0. The molecule has 1 atom stereocenters. The zero-order valence-electron chi connectivity index (χ0n) is 11.3. The van der Waals surface area contributed by atoms with E-state index in [1.807, 2.05) is 0 Å². The number of amides is 1. The van der Waals surface area contributed by atoms with Crippen LogP contribution in [0, 0.1) is 10.1 Å². The fourth-order valence-electron chi connectivity index (χ4n) is 1.78. The number of nitrogens with one attached hydrogen (secondary N) is 1. The van der Waals surface area contributed by atoms with Gasteiger partial charge < -0.3 is 10.4 Å². The van der Waals surface area contributed by atoms with Crippen molar-refractivity contribution in [2.24, 2.45) is 0 Å². The van der Waals surface area contributed by atoms with Gasteiger partial charge in [0.2, 0.25) is 0 Å². The molecule has 2 aromatic rings. The SMILES string of the molecule is C[C@H](O)c1ccc(NC(=O)c2ccc([N+](=O)[O-])cc2)cc1. The van der Waals surface area contributed by atoms with Crippen molar-refractivity contribution >= 4 is 17.3 Å². The molecule has 21 heavy (non-hydrogen) atoms. The molecule has 2 N–H and O–H groups in total. The van der Waals surface area contributed by atoms with E-state index in [1.54, 1.807) is 31.2 Å². The van der Waals surface area contributed by atoms with Gasteiger partial charge in [0, 0.05) is 23.4 Å². The van der Waals surface area contributed by atoms with Gasteiger partial charge in [-0.1, -0.05) is 12.1 Å². The molecule has 0 heterocycles. The van der Waals surface area contributed by atoms with Crippen molar-refractivity contribution in [3.05, 3.63) is 69.8 Å². The van der Waals surface area contributed by atoms with Crippen molar-refractivity contribution in [1.82, 2.24) is 0 Å². The summed E-state index contributed by atoms with van der Waals surface area (Å²) in [5, 5.41) is 22.6. The number of benzene rings is 2. The van der Waals surface area contributed by atoms with E-state index in [4.69, 9.17) is 0 Å². The van der Waals surface area contributed by atoms with Gasteiger partial charge in [-0.25, -0.2) is 0 Å². The lowest BCUT2D eigenvalue weighted by atomic mass is 10.1. The number of anilines is 1. The maximum Gasteiger partial charge on any atom is 0.269 e. The average Bonchev–Trinajstić information content (AvgIpc) is 2.47. The van der Waals surface area contributed by atoms with E-state index in [0.717, 1.165) is 5.56 Å². The van der Waals surface area contributed by atoms with Crippen molar-refractivity contribution in [1.29, 1.82) is 0 Å². The van der Waals surface area contributed by atoms with Crippen LogP contribution >= 0.6 is 0 Å². The Bertz CT molecular complexity index is 648. The highest BCUT2D eigenvalue weighted by Gasteiger charge is 2.10. The third kappa shape index (κ3) is 3.64. The van der Waals surface area contributed by atoms with Crippen molar-refractivity contribution in [3.8, 4) is 0 Å². The van der Waals surface area contributed by atoms with Crippen LogP contribution < -0.4 is 5.32 Å². The van der Waals surface area contributed by atoms with E-state index < -0.39 is 11.0 Å². The molecule has 0 unspecified atom stereocenters. The van der Waals surface area contributed by atoms with Crippen LogP contribution in [0.4, 0.5) is 11.4 Å². The van der Waals surface area contributed by atoms with E-state index in [0.29, 0.717) is 11.3 Å². The first kappa shape index (κ1) is 14.7. The normalized spacial score (nSPS) is 11.7. The van der Waals surface area contributed by atoms with E-state index in [2.05, 4.69) is 5.32 Å². The van der Waals surface area contributed by atoms with Crippen LogP contribution in [0.3, 0.4) is 0 Å². The predicted molar refractivity (Wildman–Crippen MR) is 78.1 cm³/mol. The number of nitrogens with zero attached hydrogens (tertiary/aromatic N) is 1. The predicted octanol–water partition coefficient (Wildman–Crippen LogP) is 2.90. The standard InChI is InChI=1S/C15H14N2O4/c1-10(18)11-2-6-13(7-3-11)16-15(19)12-4-8-14(9-5-12)17(20)21/h2-10,18H,1H3,(H,16,19)/t10-/m0/s1. The molecule has 1 amide bonds. The molecule has 6 heteroatoms. The largest absolute Gasteiger partial charge is 0.389 e. The molecule has 0 fully saturated rings. The van der Waals surface area contributed by atoms with E-state index >= 15 is 0 Å². The molecule has 108 valence electrons. The Morgan fingerprint density at radius 2 is 1.71 bits per heavy atom. The number of hydrogen-bond donors (Lipinski definition) is 2. The Morgan fingerprint density at radius 1 is 1.14 bits per heavy atom. The Balaban J connectivity index is 2.08. The summed E-state index contributed by atoms with van der Waals surface area (Å²) < 4.78 is 0. The second kappa shape index (κ2) is 6.15. The van der Waals surface area contributed by atoms with Crippen molar-refractivity contribution < 1.29 is 14.8 Å². The van der Waals surface area contributed by atoms with Crippen LogP contribution in [0.1, 0.15) is 28.9 Å². The van der Waals surface area contributed by atoms with E-state index in [1.165, 1.54) is 24.3 Å². The quantitative estimate of drug-likeness (QED) is 0.667. The summed E-state index contributed by atoms with van der Waals surface area (Å²) >= 11 is 0. The molecule has 0 saturated heterocycles. The molecule has 0 bridgehead atoms. The minimum atomic E-state index is -0.565. The third-order valence-corrected chi connectivity index (χ3v) is 2.99. The maximum atomic E-state index is 12.0. The van der Waals surface area contributed by atoms with Gasteiger partial charge in [0.05, 0.1) is 11.0 Å². The zero-order valence-corrected chi connectivity index (χ0v) is 11.3. The lowest BCUT2D eigenvalue weighted by molar-refractivity contribution is -0.384. The minimum absolute atomic E-state index is 0.0622. The first-order valence-electron chi connectivity index (χ1n) is 6.31. The number of nitro benzene ring substituents is 1. The number of aliphatic hydroxyl groups is 1. The first-order chi connectivity index (χ1) is 9.97. The molecule has 2 rings (SSSR count). The topological polar surface area (TPSA) is 92.5 Å². The van der Waals surface area contributed by atoms with Gasteiger partial charge in [-0.2, -0.15) is 0 Å². The van der Waals surface area contributed by atoms with E-state index in [-0.39, 0.29) is 11.6 Å². The lowest BCUT2D eigenvalue weighted by Crippen LogP contribution is -2.11. The average molecular weight is 286 g/mol. The summed E-state index contributed by atoms with van der Waals surface area (Å²) in [6, 6.07) is 12.2. The third-order valence-electron chi connectivity index (χ3n) is 2.99. The van der Waals surface area contributed by atoms with Crippen LogP contribution in [0.25, 0.3) is 0 Å². The molecule has 0 saturated carbocycles. The molecule has 6 nitrogen and oxygen atoms in total.